The summed E-state index contributed by atoms with van der Waals surface area (Å²) in [6.07, 6.45) is 0.448. The second-order valence-electron chi connectivity index (χ2n) is 7.77. The monoisotopic (exact) mass is 372 g/mol. The smallest absolute Gasteiger partial charge is 0.245 e. The zero-order valence-corrected chi connectivity index (χ0v) is 16.2. The molecule has 3 aromatic rings. The Morgan fingerprint density at radius 3 is 2.43 bits per heavy atom. The van der Waals surface area contributed by atoms with Crippen LogP contribution in [0.5, 0.6) is 0 Å². The van der Waals surface area contributed by atoms with Crippen molar-refractivity contribution in [1.29, 1.82) is 0 Å². The summed E-state index contributed by atoms with van der Waals surface area (Å²) in [5.41, 5.74) is 1.22. The number of hydrogen-bond donors (Lipinski definition) is 1. The van der Waals surface area contributed by atoms with Crippen LogP contribution in [0.25, 0.3) is 10.8 Å². The van der Waals surface area contributed by atoms with E-state index in [4.69, 9.17) is 0 Å². The molecule has 4 nitrogen and oxygen atoms in total. The van der Waals surface area contributed by atoms with Gasteiger partial charge in [-0.15, -0.1) is 0 Å². The molecular formula is C24H24N2O2. The minimum absolute atomic E-state index is 0.0131. The lowest BCUT2D eigenvalue weighted by molar-refractivity contribution is -0.162. The maximum atomic E-state index is 13.0. The van der Waals surface area contributed by atoms with E-state index in [1.165, 1.54) is 0 Å². The fourth-order valence-corrected chi connectivity index (χ4v) is 4.01. The SMILES string of the molecule is CC(C)(C(=O)NCc1cccc2ccccc12)N1C(=O)CC1c1ccccc1. The molecular weight excluding hydrogens is 348 g/mol. The highest BCUT2D eigenvalue weighted by Gasteiger charge is 2.49. The molecule has 4 heteroatoms. The molecule has 0 aromatic heterocycles. The highest BCUT2D eigenvalue weighted by molar-refractivity contribution is 5.94. The van der Waals surface area contributed by atoms with Crippen LogP contribution in [0, 0.1) is 0 Å². The summed E-state index contributed by atoms with van der Waals surface area (Å²) in [5.74, 6) is -0.131. The van der Waals surface area contributed by atoms with Crippen LogP contribution in [-0.4, -0.2) is 22.3 Å². The van der Waals surface area contributed by atoms with E-state index in [1.54, 1.807) is 4.90 Å². The highest BCUT2D eigenvalue weighted by atomic mass is 16.2. The first kappa shape index (κ1) is 18.2. The fourth-order valence-electron chi connectivity index (χ4n) is 4.01. The molecule has 0 bridgehead atoms. The van der Waals surface area contributed by atoms with Gasteiger partial charge in [-0.25, -0.2) is 0 Å². The van der Waals surface area contributed by atoms with Crippen LogP contribution in [0.2, 0.25) is 0 Å². The Kier molecular flexibility index (Phi) is 4.63. The van der Waals surface area contributed by atoms with Crippen molar-refractivity contribution in [3.05, 3.63) is 83.9 Å². The Morgan fingerprint density at radius 1 is 1.00 bits per heavy atom. The first-order chi connectivity index (χ1) is 13.5. The summed E-state index contributed by atoms with van der Waals surface area (Å²) in [6, 6.07) is 24.1. The molecule has 0 aliphatic carbocycles. The summed E-state index contributed by atoms with van der Waals surface area (Å²) in [4.78, 5) is 27.1. The van der Waals surface area contributed by atoms with Crippen molar-refractivity contribution in [1.82, 2.24) is 10.2 Å². The van der Waals surface area contributed by atoms with Crippen LogP contribution in [0.15, 0.2) is 72.8 Å². The van der Waals surface area contributed by atoms with Gasteiger partial charge in [0.2, 0.25) is 11.8 Å². The first-order valence-corrected chi connectivity index (χ1v) is 9.60. The number of carbonyl (C=O) groups is 2. The summed E-state index contributed by atoms with van der Waals surface area (Å²) in [7, 11) is 0. The van der Waals surface area contributed by atoms with Crippen molar-refractivity contribution in [2.45, 2.75) is 38.4 Å². The normalized spacial score (nSPS) is 16.7. The standard InChI is InChI=1S/C24H24N2O2/c1-24(2,26-21(15-22(26)27)18-10-4-3-5-11-18)23(28)25-16-19-13-8-12-17-9-6-7-14-20(17)19/h3-14,21H,15-16H2,1-2H3,(H,25,28). The van der Waals surface area contributed by atoms with E-state index in [-0.39, 0.29) is 17.9 Å². The van der Waals surface area contributed by atoms with Crippen molar-refractivity contribution >= 4 is 22.6 Å². The maximum Gasteiger partial charge on any atom is 0.245 e. The molecule has 2 amide bonds. The number of hydrogen-bond acceptors (Lipinski definition) is 2. The third-order valence-corrected chi connectivity index (χ3v) is 5.61. The molecule has 1 heterocycles. The van der Waals surface area contributed by atoms with Crippen LogP contribution < -0.4 is 5.32 Å². The number of nitrogens with zero attached hydrogens (tertiary/aromatic N) is 1. The molecule has 0 saturated carbocycles. The van der Waals surface area contributed by atoms with E-state index < -0.39 is 5.54 Å². The lowest BCUT2D eigenvalue weighted by Crippen LogP contribution is -2.63. The average molecular weight is 372 g/mol. The van der Waals surface area contributed by atoms with Gasteiger partial charge >= 0.3 is 0 Å². The predicted molar refractivity (Wildman–Crippen MR) is 111 cm³/mol. The summed E-state index contributed by atoms with van der Waals surface area (Å²) in [5, 5.41) is 5.32. The molecule has 1 aliphatic heterocycles. The lowest BCUT2D eigenvalue weighted by atomic mass is 9.86. The van der Waals surface area contributed by atoms with Crippen molar-refractivity contribution in [2.75, 3.05) is 0 Å². The van der Waals surface area contributed by atoms with Crippen molar-refractivity contribution < 1.29 is 9.59 Å². The summed E-state index contributed by atoms with van der Waals surface area (Å²) in [6.45, 7) is 4.07. The first-order valence-electron chi connectivity index (χ1n) is 9.60. The average Bonchev–Trinajstić information content (AvgIpc) is 2.70. The summed E-state index contributed by atoms with van der Waals surface area (Å²) >= 11 is 0. The minimum atomic E-state index is -0.916. The molecule has 142 valence electrons. The van der Waals surface area contributed by atoms with E-state index in [9.17, 15) is 9.59 Å². The Labute approximate surface area is 165 Å². The fraction of sp³-hybridized carbons (Fsp3) is 0.250. The largest absolute Gasteiger partial charge is 0.350 e. The zero-order chi connectivity index (χ0) is 19.7. The van der Waals surface area contributed by atoms with Crippen LogP contribution in [0.1, 0.15) is 37.4 Å². The van der Waals surface area contributed by atoms with Crippen molar-refractivity contribution in [3.63, 3.8) is 0 Å². The Bertz CT molecular complexity index is 1020. The van der Waals surface area contributed by atoms with Gasteiger partial charge in [-0.1, -0.05) is 72.8 Å². The van der Waals surface area contributed by atoms with Crippen LogP contribution in [0.4, 0.5) is 0 Å². The number of rotatable bonds is 5. The molecule has 0 radical (unpaired) electrons. The van der Waals surface area contributed by atoms with Gasteiger partial charge in [0.1, 0.15) is 5.54 Å². The Morgan fingerprint density at radius 2 is 1.68 bits per heavy atom. The molecule has 28 heavy (non-hydrogen) atoms. The van der Waals surface area contributed by atoms with Gasteiger partial charge in [-0.2, -0.15) is 0 Å². The second-order valence-corrected chi connectivity index (χ2v) is 7.77. The Hall–Kier alpha value is -3.14. The van der Waals surface area contributed by atoms with Gasteiger partial charge < -0.3 is 10.2 Å². The number of β-lactam (4-membered cyclic amide) rings is 1. The number of likely N-dealkylation sites (tertiary alicyclic amines) is 1. The third kappa shape index (κ3) is 3.15. The molecule has 1 unspecified atom stereocenters. The molecule has 1 aliphatic rings. The van der Waals surface area contributed by atoms with Gasteiger partial charge in [-0.3, -0.25) is 9.59 Å². The lowest BCUT2D eigenvalue weighted by Gasteiger charge is -2.49. The number of benzene rings is 3. The van der Waals surface area contributed by atoms with Gasteiger partial charge in [0.25, 0.3) is 0 Å². The van der Waals surface area contributed by atoms with Crippen molar-refractivity contribution in [3.8, 4) is 0 Å². The molecule has 1 atom stereocenters. The molecule has 1 saturated heterocycles. The van der Waals surface area contributed by atoms with Crippen LogP contribution in [-0.2, 0) is 16.1 Å². The highest BCUT2D eigenvalue weighted by Crippen LogP contribution is 2.40. The number of nitrogens with one attached hydrogen (secondary N) is 1. The Balaban J connectivity index is 1.51. The van der Waals surface area contributed by atoms with E-state index in [2.05, 4.69) is 23.5 Å². The third-order valence-electron chi connectivity index (χ3n) is 5.61. The van der Waals surface area contributed by atoms with E-state index >= 15 is 0 Å². The van der Waals surface area contributed by atoms with E-state index in [0.29, 0.717) is 13.0 Å². The maximum absolute atomic E-state index is 13.0. The van der Waals surface area contributed by atoms with Gasteiger partial charge in [0, 0.05) is 6.54 Å². The van der Waals surface area contributed by atoms with E-state index in [1.807, 2.05) is 68.4 Å². The van der Waals surface area contributed by atoms with Gasteiger partial charge in [0.05, 0.1) is 12.5 Å². The van der Waals surface area contributed by atoms with Crippen LogP contribution >= 0.6 is 0 Å². The molecule has 0 spiro atoms. The zero-order valence-electron chi connectivity index (χ0n) is 16.2. The molecule has 3 aromatic carbocycles. The van der Waals surface area contributed by atoms with Crippen molar-refractivity contribution in [2.24, 2.45) is 0 Å². The number of fused-ring (bicyclic) bond motifs is 1. The molecule has 4 rings (SSSR count). The minimum Gasteiger partial charge on any atom is -0.350 e. The molecule has 1 fully saturated rings. The van der Waals surface area contributed by atoms with E-state index in [0.717, 1.165) is 21.9 Å². The molecule has 1 N–H and O–H groups in total. The summed E-state index contributed by atoms with van der Waals surface area (Å²) < 4.78 is 0. The van der Waals surface area contributed by atoms with Crippen LogP contribution in [0.3, 0.4) is 0 Å². The second kappa shape index (κ2) is 7.12. The number of carbonyl (C=O) groups excluding carboxylic acids is 2. The van der Waals surface area contributed by atoms with Gasteiger partial charge in [0.15, 0.2) is 0 Å². The topological polar surface area (TPSA) is 49.4 Å². The quantitative estimate of drug-likeness (QED) is 0.682. The number of amides is 2. The van der Waals surface area contributed by atoms with Gasteiger partial charge in [-0.05, 0) is 35.7 Å². The predicted octanol–water partition coefficient (Wildman–Crippen LogP) is 4.21.